The zero-order valence-corrected chi connectivity index (χ0v) is 10.2. The van der Waals surface area contributed by atoms with Crippen molar-refractivity contribution in [2.45, 2.75) is 6.92 Å². The van der Waals surface area contributed by atoms with Crippen molar-refractivity contribution in [2.24, 2.45) is 0 Å². The number of aromatic nitrogens is 1. The Balaban J connectivity index is 2.08. The normalized spacial score (nSPS) is 9.94. The first-order valence-corrected chi connectivity index (χ1v) is 6.16. The van der Waals surface area contributed by atoms with E-state index in [1.54, 1.807) is 17.0 Å². The highest BCUT2D eigenvalue weighted by molar-refractivity contribution is 7.07. The van der Waals surface area contributed by atoms with E-state index < -0.39 is 0 Å². The Bertz CT molecular complexity index is 497. The van der Waals surface area contributed by atoms with Crippen LogP contribution in [0.25, 0.3) is 0 Å². The van der Waals surface area contributed by atoms with Crippen molar-refractivity contribution in [1.29, 1.82) is 0 Å². The van der Waals surface area contributed by atoms with Gasteiger partial charge in [-0.3, -0.25) is 4.79 Å². The number of rotatable bonds is 4. The van der Waals surface area contributed by atoms with Gasteiger partial charge in [0.2, 0.25) is 0 Å². The molecule has 5 heteroatoms. The van der Waals surface area contributed by atoms with Gasteiger partial charge in [-0.1, -0.05) is 6.07 Å². The second-order valence-electron chi connectivity index (χ2n) is 3.29. The minimum Gasteiger partial charge on any atom is -0.494 e. The van der Waals surface area contributed by atoms with Crippen molar-refractivity contribution in [1.82, 2.24) is 4.98 Å². The van der Waals surface area contributed by atoms with Gasteiger partial charge in [0.15, 0.2) is 0 Å². The topological polar surface area (TPSA) is 51.2 Å². The Hall–Kier alpha value is -1.88. The summed E-state index contributed by atoms with van der Waals surface area (Å²) in [6.45, 7) is 2.52. The molecule has 1 aromatic carbocycles. The summed E-state index contributed by atoms with van der Waals surface area (Å²) in [5.41, 5.74) is 2.76. The van der Waals surface area contributed by atoms with E-state index in [0.29, 0.717) is 18.0 Å². The molecule has 0 radical (unpaired) electrons. The number of hydrogen-bond donors (Lipinski definition) is 1. The zero-order valence-electron chi connectivity index (χ0n) is 9.34. The predicted molar refractivity (Wildman–Crippen MR) is 67.7 cm³/mol. The van der Waals surface area contributed by atoms with Crippen molar-refractivity contribution < 1.29 is 9.53 Å². The third-order valence-corrected chi connectivity index (χ3v) is 2.65. The molecule has 0 spiro atoms. The number of thiazole rings is 1. The zero-order chi connectivity index (χ0) is 12.1. The molecule has 0 aliphatic rings. The maximum absolute atomic E-state index is 11.7. The molecule has 0 fully saturated rings. The molecule has 2 aromatic rings. The molecule has 88 valence electrons. The molecule has 0 atom stereocenters. The van der Waals surface area contributed by atoms with Crippen molar-refractivity contribution in [3.8, 4) is 5.75 Å². The Labute approximate surface area is 103 Å². The van der Waals surface area contributed by atoms with E-state index >= 15 is 0 Å². The van der Waals surface area contributed by atoms with Crippen molar-refractivity contribution in [2.75, 3.05) is 11.9 Å². The van der Waals surface area contributed by atoms with Gasteiger partial charge in [-0.25, -0.2) is 4.98 Å². The van der Waals surface area contributed by atoms with Gasteiger partial charge >= 0.3 is 0 Å². The van der Waals surface area contributed by atoms with Crippen molar-refractivity contribution in [3.05, 3.63) is 40.8 Å². The minimum atomic E-state index is -0.208. The Morgan fingerprint density at radius 2 is 2.41 bits per heavy atom. The number of nitrogens with zero attached hydrogens (tertiary/aromatic N) is 1. The summed E-state index contributed by atoms with van der Waals surface area (Å²) in [6, 6.07) is 7.28. The van der Waals surface area contributed by atoms with Gasteiger partial charge in [0.1, 0.15) is 11.4 Å². The smallest absolute Gasteiger partial charge is 0.275 e. The van der Waals surface area contributed by atoms with Crippen LogP contribution in [0.15, 0.2) is 35.2 Å². The van der Waals surface area contributed by atoms with Crippen molar-refractivity contribution >= 4 is 22.9 Å². The summed E-state index contributed by atoms with van der Waals surface area (Å²) in [7, 11) is 0. The fourth-order valence-corrected chi connectivity index (χ4v) is 1.88. The van der Waals surface area contributed by atoms with Crippen LogP contribution in [0.5, 0.6) is 5.75 Å². The Morgan fingerprint density at radius 3 is 3.12 bits per heavy atom. The van der Waals surface area contributed by atoms with Gasteiger partial charge in [0.25, 0.3) is 5.91 Å². The monoisotopic (exact) mass is 248 g/mol. The van der Waals surface area contributed by atoms with E-state index in [0.717, 1.165) is 5.75 Å². The number of carbonyl (C=O) groups is 1. The molecule has 0 bridgehead atoms. The summed E-state index contributed by atoms with van der Waals surface area (Å²) < 4.78 is 5.35. The molecule has 0 saturated heterocycles. The first-order chi connectivity index (χ1) is 8.29. The second-order valence-corrected chi connectivity index (χ2v) is 4.01. The van der Waals surface area contributed by atoms with E-state index in [1.165, 1.54) is 11.3 Å². The van der Waals surface area contributed by atoms with Crippen LogP contribution in [0, 0.1) is 0 Å². The molecule has 4 nitrogen and oxygen atoms in total. The Morgan fingerprint density at radius 1 is 1.53 bits per heavy atom. The molecule has 1 N–H and O–H groups in total. The average Bonchev–Trinajstić information content (AvgIpc) is 2.83. The molecule has 0 aliphatic carbocycles. The lowest BCUT2D eigenvalue weighted by Gasteiger charge is -2.06. The van der Waals surface area contributed by atoms with Gasteiger partial charge in [0.05, 0.1) is 12.1 Å². The number of ether oxygens (including phenoxy) is 1. The van der Waals surface area contributed by atoms with Crippen LogP contribution in [-0.2, 0) is 0 Å². The summed E-state index contributed by atoms with van der Waals surface area (Å²) in [5, 5.41) is 4.48. The van der Waals surface area contributed by atoms with E-state index in [9.17, 15) is 4.79 Å². The summed E-state index contributed by atoms with van der Waals surface area (Å²) >= 11 is 1.39. The predicted octanol–water partition coefficient (Wildman–Crippen LogP) is 2.79. The average molecular weight is 248 g/mol. The number of anilines is 1. The quantitative estimate of drug-likeness (QED) is 0.905. The molecular formula is C12H12N2O2S. The minimum absolute atomic E-state index is 0.208. The van der Waals surface area contributed by atoms with E-state index in [4.69, 9.17) is 4.74 Å². The highest BCUT2D eigenvalue weighted by atomic mass is 32.1. The number of carbonyl (C=O) groups excluding carboxylic acids is 1. The van der Waals surface area contributed by atoms with Gasteiger partial charge in [0, 0.05) is 17.1 Å². The highest BCUT2D eigenvalue weighted by Gasteiger charge is 2.07. The fourth-order valence-electron chi connectivity index (χ4n) is 1.35. The standard InChI is InChI=1S/C12H12N2O2S/c1-2-16-10-5-3-4-9(6-10)14-12(15)11-7-17-8-13-11/h3-8H,2H2,1H3,(H,14,15). The first-order valence-electron chi connectivity index (χ1n) is 5.22. The van der Waals surface area contributed by atoms with Crippen LogP contribution in [0.1, 0.15) is 17.4 Å². The molecule has 17 heavy (non-hydrogen) atoms. The lowest BCUT2D eigenvalue weighted by atomic mass is 10.3. The number of benzene rings is 1. The van der Waals surface area contributed by atoms with Crippen LogP contribution in [0.2, 0.25) is 0 Å². The molecule has 1 amide bonds. The van der Waals surface area contributed by atoms with Crippen LogP contribution in [-0.4, -0.2) is 17.5 Å². The van der Waals surface area contributed by atoms with Crippen molar-refractivity contribution in [3.63, 3.8) is 0 Å². The number of hydrogen-bond acceptors (Lipinski definition) is 4. The molecule has 0 saturated carbocycles. The van der Waals surface area contributed by atoms with Crippen LogP contribution < -0.4 is 10.1 Å². The number of amides is 1. The molecule has 0 aliphatic heterocycles. The number of nitrogens with one attached hydrogen (secondary N) is 1. The van der Waals surface area contributed by atoms with Crippen LogP contribution in [0.3, 0.4) is 0 Å². The van der Waals surface area contributed by atoms with E-state index in [2.05, 4.69) is 10.3 Å². The van der Waals surface area contributed by atoms with E-state index in [1.807, 2.05) is 25.1 Å². The van der Waals surface area contributed by atoms with Gasteiger partial charge in [-0.2, -0.15) is 0 Å². The SMILES string of the molecule is CCOc1cccc(NC(=O)c2cscn2)c1. The molecule has 1 heterocycles. The lowest BCUT2D eigenvalue weighted by molar-refractivity contribution is 0.102. The van der Waals surface area contributed by atoms with Gasteiger partial charge in [-0.15, -0.1) is 11.3 Å². The van der Waals surface area contributed by atoms with Gasteiger partial charge < -0.3 is 10.1 Å². The Kier molecular flexibility index (Phi) is 3.72. The summed E-state index contributed by atoms with van der Waals surface area (Å²) in [4.78, 5) is 15.7. The second kappa shape index (κ2) is 5.45. The molecular weight excluding hydrogens is 236 g/mol. The third kappa shape index (κ3) is 3.04. The molecule has 0 unspecified atom stereocenters. The largest absolute Gasteiger partial charge is 0.494 e. The van der Waals surface area contributed by atoms with E-state index in [-0.39, 0.29) is 5.91 Å². The maximum atomic E-state index is 11.7. The highest BCUT2D eigenvalue weighted by Crippen LogP contribution is 2.18. The summed E-state index contributed by atoms with van der Waals surface area (Å²) in [6.07, 6.45) is 0. The third-order valence-electron chi connectivity index (χ3n) is 2.07. The van der Waals surface area contributed by atoms with Crippen LogP contribution >= 0.6 is 11.3 Å². The first kappa shape index (κ1) is 11.6. The molecule has 2 rings (SSSR count). The lowest BCUT2D eigenvalue weighted by Crippen LogP contribution is -2.12. The van der Waals surface area contributed by atoms with Gasteiger partial charge in [-0.05, 0) is 19.1 Å². The fraction of sp³-hybridized carbons (Fsp3) is 0.167. The summed E-state index contributed by atoms with van der Waals surface area (Å²) in [5.74, 6) is 0.531. The molecule has 1 aromatic heterocycles. The van der Waals surface area contributed by atoms with Crippen LogP contribution in [0.4, 0.5) is 5.69 Å². The maximum Gasteiger partial charge on any atom is 0.275 e.